The van der Waals surface area contributed by atoms with Crippen molar-refractivity contribution in [2.75, 3.05) is 54.4 Å². The smallest absolute Gasteiger partial charge is 0.223 e. The third-order valence-corrected chi connectivity index (χ3v) is 3.18. The summed E-state index contributed by atoms with van der Waals surface area (Å²) < 4.78 is 0. The van der Waals surface area contributed by atoms with Crippen molar-refractivity contribution < 1.29 is 4.79 Å². The number of thiocarbonyl (C=S) groups is 1. The fourth-order valence-electron chi connectivity index (χ4n) is 1.65. The molecule has 0 saturated heterocycles. The van der Waals surface area contributed by atoms with E-state index in [-0.39, 0.29) is 5.91 Å². The highest BCUT2D eigenvalue weighted by Gasteiger charge is 2.10. The topological polar surface area (TPSA) is 52.8 Å². The minimum Gasteiger partial charge on any atom is -0.393 e. The van der Waals surface area contributed by atoms with Crippen LogP contribution in [0.3, 0.4) is 0 Å². The van der Waals surface area contributed by atoms with Crippen molar-refractivity contribution in [1.29, 1.82) is 0 Å². The summed E-state index contributed by atoms with van der Waals surface area (Å²) in [5.41, 5.74) is 5.42. The van der Waals surface area contributed by atoms with Crippen molar-refractivity contribution in [2.24, 2.45) is 5.73 Å². The zero-order valence-corrected chi connectivity index (χ0v) is 13.5. The lowest BCUT2D eigenvalue weighted by Gasteiger charge is -2.20. The second-order valence-corrected chi connectivity index (χ2v) is 5.77. The summed E-state index contributed by atoms with van der Waals surface area (Å²) >= 11 is 4.80. The fraction of sp³-hybridized carbons (Fsp3) is 0.846. The molecule has 0 aliphatic heterocycles. The molecule has 0 rings (SSSR count). The molecule has 112 valence electrons. The average Bonchev–Trinajstić information content (AvgIpc) is 2.32. The SMILES string of the molecule is CN(C)CCCN(C)CCC(=O)N(C)CCC(N)=S. The molecule has 0 aliphatic rings. The minimum atomic E-state index is 0.149. The van der Waals surface area contributed by atoms with Crippen LogP contribution in [0.2, 0.25) is 0 Å². The fourth-order valence-corrected chi connectivity index (χ4v) is 1.74. The lowest BCUT2D eigenvalue weighted by atomic mass is 10.3. The van der Waals surface area contributed by atoms with Crippen molar-refractivity contribution in [3.8, 4) is 0 Å². The standard InChI is InChI=1S/C13H28N4OS/c1-15(2)8-5-9-16(3)10-7-13(18)17(4)11-6-12(14)19/h5-11H2,1-4H3,(H2,14,19). The van der Waals surface area contributed by atoms with Crippen molar-refractivity contribution in [3.63, 3.8) is 0 Å². The molecule has 0 aliphatic carbocycles. The number of hydrogen-bond acceptors (Lipinski definition) is 4. The van der Waals surface area contributed by atoms with E-state index in [4.69, 9.17) is 18.0 Å². The summed E-state index contributed by atoms with van der Waals surface area (Å²) in [4.78, 5) is 18.4. The van der Waals surface area contributed by atoms with Crippen LogP contribution in [-0.2, 0) is 4.79 Å². The normalized spacial score (nSPS) is 11.1. The van der Waals surface area contributed by atoms with Gasteiger partial charge in [0.2, 0.25) is 5.91 Å². The predicted octanol–water partition coefficient (Wildman–Crippen LogP) is 0.395. The lowest BCUT2D eigenvalue weighted by Crippen LogP contribution is -2.33. The molecule has 0 saturated carbocycles. The van der Waals surface area contributed by atoms with Crippen LogP contribution in [0.15, 0.2) is 0 Å². The monoisotopic (exact) mass is 288 g/mol. The second-order valence-electron chi connectivity index (χ2n) is 5.24. The second kappa shape index (κ2) is 10.1. The van der Waals surface area contributed by atoms with E-state index in [0.717, 1.165) is 26.1 Å². The Morgan fingerprint density at radius 2 is 1.63 bits per heavy atom. The first-order chi connectivity index (χ1) is 8.82. The molecule has 0 bridgehead atoms. The average molecular weight is 288 g/mol. The maximum absolute atomic E-state index is 11.8. The molecular formula is C13H28N4OS. The van der Waals surface area contributed by atoms with E-state index in [1.54, 1.807) is 11.9 Å². The molecule has 0 fully saturated rings. The Morgan fingerprint density at radius 1 is 1.00 bits per heavy atom. The number of hydrogen-bond donors (Lipinski definition) is 1. The third-order valence-electron chi connectivity index (χ3n) is 2.97. The largest absolute Gasteiger partial charge is 0.393 e. The predicted molar refractivity (Wildman–Crippen MR) is 84.3 cm³/mol. The van der Waals surface area contributed by atoms with E-state index in [0.29, 0.717) is 24.4 Å². The van der Waals surface area contributed by atoms with Crippen molar-refractivity contribution in [2.45, 2.75) is 19.3 Å². The van der Waals surface area contributed by atoms with Gasteiger partial charge in [-0.1, -0.05) is 12.2 Å². The molecule has 0 atom stereocenters. The Kier molecular flexibility index (Phi) is 9.73. The Hall–Kier alpha value is -0.720. The van der Waals surface area contributed by atoms with Gasteiger partial charge < -0.3 is 20.4 Å². The van der Waals surface area contributed by atoms with Gasteiger partial charge in [0, 0.05) is 33.0 Å². The first-order valence-electron chi connectivity index (χ1n) is 6.68. The highest BCUT2D eigenvalue weighted by Crippen LogP contribution is 1.97. The molecule has 0 heterocycles. The van der Waals surface area contributed by atoms with Gasteiger partial charge in [-0.3, -0.25) is 4.79 Å². The summed E-state index contributed by atoms with van der Waals surface area (Å²) in [5.74, 6) is 0.149. The molecule has 6 heteroatoms. The number of amides is 1. The maximum Gasteiger partial charge on any atom is 0.223 e. The number of carbonyl (C=O) groups is 1. The number of nitrogens with zero attached hydrogens (tertiary/aromatic N) is 3. The zero-order chi connectivity index (χ0) is 14.8. The first kappa shape index (κ1) is 18.3. The van der Waals surface area contributed by atoms with Gasteiger partial charge >= 0.3 is 0 Å². The zero-order valence-electron chi connectivity index (χ0n) is 12.7. The number of carbonyl (C=O) groups excluding carboxylic acids is 1. The van der Waals surface area contributed by atoms with Crippen molar-refractivity contribution in [3.05, 3.63) is 0 Å². The lowest BCUT2D eigenvalue weighted by molar-refractivity contribution is -0.130. The summed E-state index contributed by atoms with van der Waals surface area (Å²) in [5, 5.41) is 0. The van der Waals surface area contributed by atoms with E-state index >= 15 is 0 Å². The molecule has 0 aromatic heterocycles. The Morgan fingerprint density at radius 3 is 2.16 bits per heavy atom. The van der Waals surface area contributed by atoms with Crippen LogP contribution in [0.4, 0.5) is 0 Å². The maximum atomic E-state index is 11.8. The van der Waals surface area contributed by atoms with Gasteiger partial charge in [0.15, 0.2) is 0 Å². The van der Waals surface area contributed by atoms with Gasteiger partial charge in [0.25, 0.3) is 0 Å². The van der Waals surface area contributed by atoms with Crippen LogP contribution in [0, 0.1) is 0 Å². The van der Waals surface area contributed by atoms with Gasteiger partial charge in [-0.2, -0.15) is 0 Å². The summed E-state index contributed by atoms with van der Waals surface area (Å²) in [6.07, 6.45) is 2.26. The molecule has 5 nitrogen and oxygen atoms in total. The van der Waals surface area contributed by atoms with Gasteiger partial charge in [0.05, 0.1) is 4.99 Å². The highest BCUT2D eigenvalue weighted by molar-refractivity contribution is 7.80. The van der Waals surface area contributed by atoms with Gasteiger partial charge in [-0.25, -0.2) is 0 Å². The van der Waals surface area contributed by atoms with E-state index in [2.05, 4.69) is 30.9 Å². The third kappa shape index (κ3) is 10.9. The first-order valence-corrected chi connectivity index (χ1v) is 7.09. The van der Waals surface area contributed by atoms with Crippen LogP contribution in [0.5, 0.6) is 0 Å². The van der Waals surface area contributed by atoms with Crippen molar-refractivity contribution in [1.82, 2.24) is 14.7 Å². The Bertz CT molecular complexity index is 284. The Balaban J connectivity index is 3.73. The summed E-state index contributed by atoms with van der Waals surface area (Å²) in [6.45, 7) is 3.50. The molecule has 0 unspecified atom stereocenters. The van der Waals surface area contributed by atoms with E-state index < -0.39 is 0 Å². The molecule has 0 aromatic carbocycles. The molecule has 0 spiro atoms. The van der Waals surface area contributed by atoms with E-state index in [1.165, 1.54) is 0 Å². The van der Waals surface area contributed by atoms with Crippen LogP contribution < -0.4 is 5.73 Å². The van der Waals surface area contributed by atoms with E-state index in [9.17, 15) is 4.79 Å². The molecular weight excluding hydrogens is 260 g/mol. The van der Waals surface area contributed by atoms with Crippen LogP contribution in [0.25, 0.3) is 0 Å². The van der Waals surface area contributed by atoms with E-state index in [1.807, 2.05) is 0 Å². The molecule has 0 radical (unpaired) electrons. The minimum absolute atomic E-state index is 0.149. The van der Waals surface area contributed by atoms with Crippen molar-refractivity contribution >= 4 is 23.1 Å². The summed E-state index contributed by atoms with van der Waals surface area (Å²) in [6, 6.07) is 0. The molecule has 2 N–H and O–H groups in total. The molecule has 0 aromatic rings. The Labute approximate surface area is 122 Å². The number of rotatable bonds is 10. The highest BCUT2D eigenvalue weighted by atomic mass is 32.1. The number of nitrogens with two attached hydrogens (primary N) is 1. The molecule has 19 heavy (non-hydrogen) atoms. The van der Waals surface area contributed by atoms with Crippen LogP contribution in [-0.4, -0.2) is 80.0 Å². The van der Waals surface area contributed by atoms with Gasteiger partial charge in [0.1, 0.15) is 0 Å². The van der Waals surface area contributed by atoms with Crippen LogP contribution in [0.1, 0.15) is 19.3 Å². The van der Waals surface area contributed by atoms with Crippen LogP contribution >= 0.6 is 12.2 Å². The van der Waals surface area contributed by atoms with Gasteiger partial charge in [-0.15, -0.1) is 0 Å². The molecule has 1 amide bonds. The summed E-state index contributed by atoms with van der Waals surface area (Å²) in [7, 11) is 7.99. The quantitative estimate of drug-likeness (QED) is 0.590. The van der Waals surface area contributed by atoms with Gasteiger partial charge in [-0.05, 0) is 40.7 Å².